The number of benzene rings is 2. The molecule has 3 amide bonds. The van der Waals surface area contributed by atoms with E-state index in [0.29, 0.717) is 15.3 Å². The van der Waals surface area contributed by atoms with Crippen LogP contribution >= 0.6 is 23.1 Å². The molecule has 2 aliphatic rings. The molecule has 45 heavy (non-hydrogen) atoms. The third-order valence-electron chi connectivity index (χ3n) is 7.31. The molecule has 1 fully saturated rings. The Kier molecular flexibility index (Phi) is 7.67. The summed E-state index contributed by atoms with van der Waals surface area (Å²) in [7, 11) is -3.95. The Labute approximate surface area is 260 Å². The van der Waals surface area contributed by atoms with Gasteiger partial charge in [-0.2, -0.15) is 13.2 Å². The number of thiazole rings is 1. The third-order valence-corrected chi connectivity index (χ3v) is 10.8. The van der Waals surface area contributed by atoms with Crippen molar-refractivity contribution in [1.29, 1.82) is 0 Å². The van der Waals surface area contributed by atoms with Gasteiger partial charge in [0.25, 0.3) is 0 Å². The van der Waals surface area contributed by atoms with Crippen LogP contribution in [-0.2, 0) is 37.1 Å². The molecule has 0 radical (unpaired) electrons. The highest BCUT2D eigenvalue weighted by molar-refractivity contribution is 8.00. The molecule has 232 valence electrons. The number of nitrogens with zero attached hydrogens (tertiary/aromatic N) is 3. The lowest BCUT2D eigenvalue weighted by Gasteiger charge is -2.30. The van der Waals surface area contributed by atoms with Crippen LogP contribution in [-0.4, -0.2) is 40.9 Å². The van der Waals surface area contributed by atoms with E-state index >= 15 is 0 Å². The fourth-order valence-electron chi connectivity index (χ4n) is 5.39. The first-order valence-electron chi connectivity index (χ1n) is 13.0. The second kappa shape index (κ2) is 11.2. The van der Waals surface area contributed by atoms with Gasteiger partial charge in [0.2, 0.25) is 27.7 Å². The number of carbonyl (C=O) groups excluding carboxylic acids is 3. The molecule has 0 aliphatic carbocycles. The van der Waals surface area contributed by atoms with Crippen LogP contribution in [0.5, 0.6) is 0 Å². The number of hydrogen-bond acceptors (Lipinski definition) is 9. The number of carbonyl (C=O) groups is 3. The maximum absolute atomic E-state index is 13.9. The minimum absolute atomic E-state index is 0.168. The average Bonchev–Trinajstić information content (AvgIpc) is 3.43. The Hall–Kier alpha value is -4.32. The first-order valence-corrected chi connectivity index (χ1v) is 16.3. The average molecular weight is 676 g/mol. The van der Waals surface area contributed by atoms with Crippen LogP contribution in [0.1, 0.15) is 21.9 Å². The van der Waals surface area contributed by atoms with Gasteiger partial charge in [-0.25, -0.2) is 18.5 Å². The molecule has 3 unspecified atom stereocenters. The summed E-state index contributed by atoms with van der Waals surface area (Å²) in [4.78, 5) is 58.2. The molecule has 0 saturated carbocycles. The molecule has 4 heterocycles. The van der Waals surface area contributed by atoms with E-state index in [-0.39, 0.29) is 15.6 Å². The van der Waals surface area contributed by atoms with Gasteiger partial charge in [-0.05, 0) is 48.0 Å². The van der Waals surface area contributed by atoms with E-state index < -0.39 is 73.7 Å². The van der Waals surface area contributed by atoms with Gasteiger partial charge in [-0.3, -0.25) is 28.7 Å². The summed E-state index contributed by atoms with van der Waals surface area (Å²) < 4.78 is 65.9. The molecule has 2 aliphatic heterocycles. The number of anilines is 2. The zero-order chi connectivity index (χ0) is 32.3. The second-order valence-electron chi connectivity index (χ2n) is 10.1. The maximum atomic E-state index is 13.9. The Balaban J connectivity index is 1.38. The van der Waals surface area contributed by atoms with Gasteiger partial charge in [-0.15, -0.1) is 0 Å². The lowest BCUT2D eigenvalue weighted by molar-refractivity contribution is -0.137. The predicted octanol–water partition coefficient (Wildman–Crippen LogP) is 3.41. The summed E-state index contributed by atoms with van der Waals surface area (Å²) >= 11 is 1.61. The molecular weight excluding hydrogens is 656 g/mol. The van der Waals surface area contributed by atoms with Gasteiger partial charge in [0.1, 0.15) is 11.8 Å². The van der Waals surface area contributed by atoms with E-state index in [9.17, 15) is 40.8 Å². The second-order valence-corrected chi connectivity index (χ2v) is 13.8. The van der Waals surface area contributed by atoms with Gasteiger partial charge in [0.05, 0.1) is 27.1 Å². The predicted molar refractivity (Wildman–Crippen MR) is 158 cm³/mol. The Morgan fingerprint density at radius 3 is 2.36 bits per heavy atom. The van der Waals surface area contributed by atoms with Crippen molar-refractivity contribution < 1.29 is 36.0 Å². The lowest BCUT2D eigenvalue weighted by atomic mass is 9.84. The smallest absolute Gasteiger partial charge is 0.325 e. The van der Waals surface area contributed by atoms with E-state index in [1.54, 1.807) is 12.1 Å². The number of amides is 3. The highest BCUT2D eigenvalue weighted by atomic mass is 32.2. The normalized spacial score (nSPS) is 19.7. The van der Waals surface area contributed by atoms with Crippen molar-refractivity contribution in [2.45, 2.75) is 33.8 Å². The Bertz CT molecular complexity index is 2010. The molecule has 6 rings (SSSR count). The number of fused-ring (bicyclic) bond motifs is 2. The summed E-state index contributed by atoms with van der Waals surface area (Å²) in [5.74, 6) is -4.45. The first kappa shape index (κ1) is 30.7. The van der Waals surface area contributed by atoms with Crippen LogP contribution in [0, 0.1) is 5.92 Å². The minimum atomic E-state index is -4.84. The van der Waals surface area contributed by atoms with Crippen molar-refractivity contribution in [3.05, 3.63) is 98.7 Å². The van der Waals surface area contributed by atoms with Crippen LogP contribution < -0.4 is 20.2 Å². The number of hydrogen-bond donors (Lipinski definition) is 2. The standard InChI is InChI=1S/C28H20F3N5O6S3/c29-28(30,31)17-5-1-2-6-18(17)36-24(38)21-20(14-4-3-11-33-12-14)23-26(43-22(21)25(36)39)35(27(40)44-23)13-19(37)34-15-7-9-16(10-8-15)45(32,41)42/h1-12,20-22H,13H2,(H,34,37)(H2,32,41,42). The fourth-order valence-corrected chi connectivity index (χ4v) is 8.68. The molecule has 0 bridgehead atoms. The largest absolute Gasteiger partial charge is 0.418 e. The number of pyridine rings is 1. The van der Waals surface area contributed by atoms with Gasteiger partial charge >= 0.3 is 11.0 Å². The number of aromatic nitrogens is 2. The van der Waals surface area contributed by atoms with E-state index in [1.165, 1.54) is 42.7 Å². The van der Waals surface area contributed by atoms with E-state index in [2.05, 4.69) is 10.3 Å². The Morgan fingerprint density at radius 1 is 1.00 bits per heavy atom. The minimum Gasteiger partial charge on any atom is -0.325 e. The fraction of sp³-hybridized carbons (Fsp3) is 0.179. The van der Waals surface area contributed by atoms with Gasteiger partial charge in [0, 0.05) is 28.9 Å². The molecule has 1 saturated heterocycles. The highest BCUT2D eigenvalue weighted by Gasteiger charge is 2.57. The molecular formula is C28H20F3N5O6S3. The van der Waals surface area contributed by atoms with E-state index in [0.717, 1.165) is 45.9 Å². The SMILES string of the molecule is NS(=O)(=O)c1ccc(NC(=O)Cn2c3c(sc2=O)C(c2cccnc2)C2C(=O)N(c4ccccc4C(F)(F)F)C(=O)C2S3)cc1. The molecule has 3 N–H and O–H groups in total. The monoisotopic (exact) mass is 675 g/mol. The number of alkyl halides is 3. The number of imide groups is 1. The van der Waals surface area contributed by atoms with Crippen LogP contribution in [0.2, 0.25) is 0 Å². The maximum Gasteiger partial charge on any atom is 0.418 e. The van der Waals surface area contributed by atoms with Crippen LogP contribution in [0.15, 0.2) is 87.8 Å². The van der Waals surface area contributed by atoms with Crippen LogP contribution in [0.3, 0.4) is 0 Å². The van der Waals surface area contributed by atoms with E-state index in [4.69, 9.17) is 5.14 Å². The van der Waals surface area contributed by atoms with Gasteiger partial charge < -0.3 is 5.32 Å². The number of halogens is 3. The quantitative estimate of drug-likeness (QED) is 0.294. The molecule has 11 nitrogen and oxygen atoms in total. The topological polar surface area (TPSA) is 162 Å². The number of primary sulfonamides is 1. The Morgan fingerprint density at radius 2 is 1.71 bits per heavy atom. The summed E-state index contributed by atoms with van der Waals surface area (Å²) in [5.41, 5.74) is -1.04. The highest BCUT2D eigenvalue weighted by Crippen LogP contribution is 2.54. The summed E-state index contributed by atoms with van der Waals surface area (Å²) in [6, 6.07) is 12.6. The van der Waals surface area contributed by atoms with Crippen molar-refractivity contribution in [1.82, 2.24) is 9.55 Å². The molecule has 2 aromatic carbocycles. The number of para-hydroxylation sites is 1. The zero-order valence-corrected chi connectivity index (χ0v) is 25.0. The summed E-state index contributed by atoms with van der Waals surface area (Å²) in [5, 5.41) is 6.69. The van der Waals surface area contributed by atoms with Crippen molar-refractivity contribution >= 4 is 62.2 Å². The number of rotatable bonds is 6. The summed E-state index contributed by atoms with van der Waals surface area (Å²) in [6.45, 7) is -0.505. The van der Waals surface area contributed by atoms with Crippen LogP contribution in [0.25, 0.3) is 0 Å². The number of sulfonamides is 1. The van der Waals surface area contributed by atoms with Crippen molar-refractivity contribution in [3.8, 4) is 0 Å². The molecule has 3 atom stereocenters. The van der Waals surface area contributed by atoms with Gasteiger partial charge in [0.15, 0.2) is 0 Å². The number of thioether (sulfide) groups is 1. The van der Waals surface area contributed by atoms with Crippen molar-refractivity contribution in [2.24, 2.45) is 11.1 Å². The molecule has 2 aromatic heterocycles. The van der Waals surface area contributed by atoms with Crippen molar-refractivity contribution in [2.75, 3.05) is 10.2 Å². The number of nitrogens with one attached hydrogen (secondary N) is 1. The number of nitrogens with two attached hydrogens (primary N) is 1. The van der Waals surface area contributed by atoms with Gasteiger partial charge in [-0.1, -0.05) is 41.3 Å². The lowest BCUT2D eigenvalue weighted by Crippen LogP contribution is -2.33. The molecule has 4 aromatic rings. The zero-order valence-electron chi connectivity index (χ0n) is 22.6. The summed E-state index contributed by atoms with van der Waals surface area (Å²) in [6.07, 6.45) is -1.90. The molecule has 17 heteroatoms. The van der Waals surface area contributed by atoms with E-state index in [1.807, 2.05) is 0 Å². The first-order chi connectivity index (χ1) is 21.3. The molecule has 0 spiro atoms. The third kappa shape index (κ3) is 5.56. The van der Waals surface area contributed by atoms with Crippen molar-refractivity contribution in [3.63, 3.8) is 0 Å². The van der Waals surface area contributed by atoms with Crippen LogP contribution in [0.4, 0.5) is 24.5 Å².